The van der Waals surface area contributed by atoms with Crippen LogP contribution in [0.4, 0.5) is 0 Å². The molecule has 1 saturated heterocycles. The molecule has 1 amide bonds. The van der Waals surface area contributed by atoms with Gasteiger partial charge in [0.15, 0.2) is 0 Å². The molecule has 6 atom stereocenters. The molecule has 1 saturated carbocycles. The highest BCUT2D eigenvalue weighted by Crippen LogP contribution is 2.46. The minimum Gasteiger partial charge on any atom is -0.390 e. The molecule has 0 radical (unpaired) electrons. The summed E-state index contributed by atoms with van der Waals surface area (Å²) in [6, 6.07) is 0.395. The Morgan fingerprint density at radius 1 is 1.16 bits per heavy atom. The van der Waals surface area contributed by atoms with Crippen molar-refractivity contribution < 1.29 is 9.90 Å². The van der Waals surface area contributed by atoms with E-state index >= 15 is 0 Å². The van der Waals surface area contributed by atoms with E-state index in [1.54, 1.807) is 0 Å². The smallest absolute Gasteiger partial charge is 0.244 e. The summed E-state index contributed by atoms with van der Waals surface area (Å²) in [5.41, 5.74) is 0.776. The Hall–Kier alpha value is -0.870. The van der Waals surface area contributed by atoms with Crippen molar-refractivity contribution in [1.29, 1.82) is 0 Å². The molecule has 2 heterocycles. The lowest BCUT2D eigenvalue weighted by molar-refractivity contribution is -0.131. The molecular weight excluding hydrogens is 396 g/mol. The number of carbonyl (C=O) groups excluding carboxylic acids is 1. The maximum Gasteiger partial charge on any atom is 0.244 e. The summed E-state index contributed by atoms with van der Waals surface area (Å²) in [4.78, 5) is 15.1. The summed E-state index contributed by atoms with van der Waals surface area (Å²) in [6.07, 6.45) is 13.4. The molecule has 3 aliphatic rings. The topological polar surface area (TPSA) is 52.6 Å². The number of nitrogens with one attached hydrogen (secondary N) is 1. The Bertz CT molecular complexity index is 657. The maximum atomic E-state index is 13.2. The van der Waals surface area contributed by atoms with Crippen LogP contribution in [0.2, 0.25) is 0 Å². The SMILES string of the molecule is CCC(C(C)C)C(CC(C)C(C)(C)O)C1=CN(C)C(=O)C2NC(C3CCCCCC3)CC12. The number of hydrogen-bond acceptors (Lipinski definition) is 3. The van der Waals surface area contributed by atoms with Crippen LogP contribution in [0.25, 0.3) is 0 Å². The average molecular weight is 447 g/mol. The Morgan fingerprint density at radius 3 is 2.31 bits per heavy atom. The van der Waals surface area contributed by atoms with E-state index in [9.17, 15) is 9.90 Å². The van der Waals surface area contributed by atoms with Gasteiger partial charge in [0, 0.05) is 25.2 Å². The molecule has 4 nitrogen and oxygen atoms in total. The van der Waals surface area contributed by atoms with E-state index < -0.39 is 5.60 Å². The number of fused-ring (bicyclic) bond motifs is 1. The van der Waals surface area contributed by atoms with Gasteiger partial charge in [0.25, 0.3) is 0 Å². The molecule has 0 bridgehead atoms. The Balaban J connectivity index is 1.91. The summed E-state index contributed by atoms with van der Waals surface area (Å²) < 4.78 is 0. The van der Waals surface area contributed by atoms with Crippen molar-refractivity contribution in [3.05, 3.63) is 11.8 Å². The fourth-order valence-electron chi connectivity index (χ4n) is 6.86. The molecule has 32 heavy (non-hydrogen) atoms. The first kappa shape index (κ1) is 25.7. The molecular formula is C28H50N2O2. The minimum atomic E-state index is -0.694. The predicted octanol–water partition coefficient (Wildman–Crippen LogP) is 5.75. The third-order valence-electron chi connectivity index (χ3n) is 9.24. The van der Waals surface area contributed by atoms with Gasteiger partial charge in [-0.15, -0.1) is 0 Å². The summed E-state index contributed by atoms with van der Waals surface area (Å²) >= 11 is 0. The van der Waals surface area contributed by atoms with Gasteiger partial charge in [-0.05, 0) is 74.7 Å². The largest absolute Gasteiger partial charge is 0.390 e. The molecule has 0 aromatic rings. The van der Waals surface area contributed by atoms with Crippen LogP contribution in [-0.4, -0.2) is 40.6 Å². The number of hydrogen-bond donors (Lipinski definition) is 2. The molecule has 184 valence electrons. The van der Waals surface area contributed by atoms with Gasteiger partial charge in [0.1, 0.15) is 0 Å². The standard InChI is InChI=1S/C28H50N2O2/c1-8-21(18(2)3)22(15-19(4)28(5,6)32)24-17-30(7)27(31)26-23(24)16-25(29-26)20-13-11-9-10-12-14-20/h17-23,25-26,29,32H,8-16H2,1-7H3. The first-order valence-electron chi connectivity index (χ1n) is 13.5. The fourth-order valence-corrected chi connectivity index (χ4v) is 6.86. The minimum absolute atomic E-state index is 0.0714. The Morgan fingerprint density at radius 2 is 1.78 bits per heavy atom. The van der Waals surface area contributed by atoms with Gasteiger partial charge in [-0.3, -0.25) is 4.79 Å². The molecule has 0 spiro atoms. The second-order valence-corrected chi connectivity index (χ2v) is 12.1. The van der Waals surface area contributed by atoms with Crippen molar-refractivity contribution in [2.75, 3.05) is 7.05 Å². The van der Waals surface area contributed by atoms with E-state index in [0.717, 1.165) is 19.3 Å². The second kappa shape index (κ2) is 10.6. The van der Waals surface area contributed by atoms with E-state index in [-0.39, 0.29) is 17.9 Å². The number of amides is 1. The fraction of sp³-hybridized carbons (Fsp3) is 0.893. The van der Waals surface area contributed by atoms with Gasteiger partial charge >= 0.3 is 0 Å². The summed E-state index contributed by atoms with van der Waals surface area (Å²) in [7, 11) is 1.94. The van der Waals surface area contributed by atoms with E-state index in [1.807, 2.05) is 25.8 Å². The normalized spacial score (nSPS) is 30.7. The summed E-state index contributed by atoms with van der Waals surface area (Å²) in [5.74, 6) is 3.00. The molecule has 2 fully saturated rings. The zero-order valence-corrected chi connectivity index (χ0v) is 21.9. The highest BCUT2D eigenvalue weighted by atomic mass is 16.3. The molecule has 2 N–H and O–H groups in total. The lowest BCUT2D eigenvalue weighted by Gasteiger charge is -2.41. The summed E-state index contributed by atoms with van der Waals surface area (Å²) in [5, 5.41) is 14.6. The number of likely N-dealkylation sites (N-methyl/N-ethyl adjacent to an activating group) is 1. The van der Waals surface area contributed by atoms with E-state index in [0.29, 0.717) is 35.6 Å². The molecule has 1 aliphatic carbocycles. The van der Waals surface area contributed by atoms with Gasteiger partial charge in [0.2, 0.25) is 5.91 Å². The van der Waals surface area contributed by atoms with Crippen molar-refractivity contribution in [3.63, 3.8) is 0 Å². The highest BCUT2D eigenvalue weighted by Gasteiger charge is 2.48. The Labute approximate surface area is 197 Å². The van der Waals surface area contributed by atoms with Gasteiger partial charge in [0.05, 0.1) is 11.6 Å². The zero-order chi connectivity index (χ0) is 23.6. The van der Waals surface area contributed by atoms with Gasteiger partial charge in [-0.2, -0.15) is 0 Å². The highest BCUT2D eigenvalue weighted by molar-refractivity contribution is 5.85. The van der Waals surface area contributed by atoms with Crippen LogP contribution in [0.1, 0.15) is 99.3 Å². The van der Waals surface area contributed by atoms with Gasteiger partial charge < -0.3 is 15.3 Å². The van der Waals surface area contributed by atoms with Crippen LogP contribution in [0.5, 0.6) is 0 Å². The number of nitrogens with zero attached hydrogens (tertiary/aromatic N) is 1. The number of carbonyl (C=O) groups is 1. The van der Waals surface area contributed by atoms with Crippen molar-refractivity contribution in [2.24, 2.45) is 35.5 Å². The first-order chi connectivity index (χ1) is 15.0. The predicted molar refractivity (Wildman–Crippen MR) is 133 cm³/mol. The van der Waals surface area contributed by atoms with Crippen molar-refractivity contribution in [1.82, 2.24) is 10.2 Å². The third-order valence-corrected chi connectivity index (χ3v) is 9.24. The van der Waals surface area contributed by atoms with Crippen LogP contribution in [0.3, 0.4) is 0 Å². The van der Waals surface area contributed by atoms with E-state index in [4.69, 9.17) is 0 Å². The quantitative estimate of drug-likeness (QED) is 0.466. The van der Waals surface area contributed by atoms with Gasteiger partial charge in [-0.1, -0.05) is 59.8 Å². The maximum absolute atomic E-state index is 13.2. The lowest BCUT2D eigenvalue weighted by Crippen LogP contribution is -2.50. The first-order valence-corrected chi connectivity index (χ1v) is 13.5. The third kappa shape index (κ3) is 5.60. The van der Waals surface area contributed by atoms with E-state index in [1.165, 1.54) is 44.1 Å². The lowest BCUT2D eigenvalue weighted by atomic mass is 9.67. The summed E-state index contributed by atoms with van der Waals surface area (Å²) in [6.45, 7) is 13.1. The van der Waals surface area contributed by atoms with Crippen LogP contribution in [0, 0.1) is 35.5 Å². The molecule has 3 rings (SSSR count). The van der Waals surface area contributed by atoms with Crippen LogP contribution in [0.15, 0.2) is 11.8 Å². The van der Waals surface area contributed by atoms with Crippen LogP contribution >= 0.6 is 0 Å². The number of aliphatic hydroxyl groups is 1. The number of rotatable bonds is 8. The van der Waals surface area contributed by atoms with Crippen molar-refractivity contribution >= 4 is 5.91 Å². The van der Waals surface area contributed by atoms with Crippen LogP contribution in [-0.2, 0) is 4.79 Å². The molecule has 0 aromatic heterocycles. The second-order valence-electron chi connectivity index (χ2n) is 12.1. The van der Waals surface area contributed by atoms with Crippen molar-refractivity contribution in [2.45, 2.75) is 117 Å². The van der Waals surface area contributed by atoms with Crippen LogP contribution < -0.4 is 5.32 Å². The molecule has 2 aliphatic heterocycles. The zero-order valence-electron chi connectivity index (χ0n) is 21.9. The van der Waals surface area contributed by atoms with E-state index in [2.05, 4.69) is 39.2 Å². The van der Waals surface area contributed by atoms with Crippen molar-refractivity contribution in [3.8, 4) is 0 Å². The van der Waals surface area contributed by atoms with Gasteiger partial charge in [-0.25, -0.2) is 0 Å². The molecule has 4 heteroatoms. The average Bonchev–Trinajstić information content (AvgIpc) is 2.98. The Kier molecular flexibility index (Phi) is 8.52. The molecule has 6 unspecified atom stereocenters. The monoisotopic (exact) mass is 446 g/mol. The molecule has 0 aromatic carbocycles.